The van der Waals surface area contributed by atoms with Gasteiger partial charge in [-0.1, -0.05) is 206 Å². The van der Waals surface area contributed by atoms with E-state index in [-0.39, 0.29) is 13.2 Å². The van der Waals surface area contributed by atoms with E-state index in [0.29, 0.717) is 12.8 Å². The Morgan fingerprint density at radius 2 is 0.688 bits per heavy atom. The van der Waals surface area contributed by atoms with Crippen LogP contribution in [-0.2, 0) is 29.2 Å². The number of carbonyl (C=O) groups is 2. The fourth-order valence-electron chi connectivity index (χ4n) is 6.27. The Morgan fingerprint density at radius 1 is 0.438 bits per heavy atom. The van der Waals surface area contributed by atoms with E-state index < -0.39 is 33.7 Å². The summed E-state index contributed by atoms with van der Waals surface area (Å²) in [4.78, 5) is 24.5. The van der Waals surface area contributed by atoms with Gasteiger partial charge in [0.15, 0.2) is 5.25 Å². The van der Waals surface area contributed by atoms with Crippen molar-refractivity contribution in [1.82, 2.24) is 0 Å². The number of carbonyl (C=O) groups excluding carboxylic acids is 2. The van der Waals surface area contributed by atoms with Crippen molar-refractivity contribution in [1.29, 1.82) is 0 Å². The molecule has 0 aromatic heterocycles. The van der Waals surface area contributed by atoms with Crippen molar-refractivity contribution < 1.29 is 32.0 Å². The molecule has 7 nitrogen and oxygen atoms in total. The second-order valence-corrected chi connectivity index (χ2v) is 15.8. The van der Waals surface area contributed by atoms with Gasteiger partial charge in [-0.15, -0.1) is 0 Å². The fraction of sp³-hybridized carbons (Fsp3) is 0.950. The highest BCUT2D eigenvalue weighted by Crippen LogP contribution is 2.16. The maximum absolute atomic E-state index is 12.3. The van der Waals surface area contributed by atoms with Gasteiger partial charge in [0.25, 0.3) is 10.1 Å². The van der Waals surface area contributed by atoms with Crippen LogP contribution in [0.3, 0.4) is 0 Å². The van der Waals surface area contributed by atoms with Crippen molar-refractivity contribution in [2.75, 3.05) is 13.2 Å². The molecule has 0 aromatic carbocycles. The number of hydrogen-bond acceptors (Lipinski definition) is 6. The molecule has 0 saturated heterocycles. The van der Waals surface area contributed by atoms with Crippen LogP contribution in [-0.4, -0.2) is 43.4 Å². The lowest BCUT2D eigenvalue weighted by Gasteiger charge is -2.13. The lowest BCUT2D eigenvalue weighted by molar-refractivity contribution is -0.150. The van der Waals surface area contributed by atoms with E-state index in [1.165, 1.54) is 161 Å². The van der Waals surface area contributed by atoms with E-state index in [1.807, 2.05) is 0 Å². The Bertz CT molecular complexity index is 814. The Balaban J connectivity index is 3.72. The Labute approximate surface area is 297 Å². The zero-order chi connectivity index (χ0) is 35.4. The fourth-order valence-corrected chi connectivity index (χ4v) is 6.93. The second-order valence-electron chi connectivity index (χ2n) is 14.2. The summed E-state index contributed by atoms with van der Waals surface area (Å²) in [6.45, 7) is 4.78. The number of rotatable bonds is 38. The van der Waals surface area contributed by atoms with Gasteiger partial charge in [-0.25, -0.2) is 0 Å². The quantitative estimate of drug-likeness (QED) is 0.0387. The van der Waals surface area contributed by atoms with E-state index in [4.69, 9.17) is 9.47 Å². The molecule has 48 heavy (non-hydrogen) atoms. The average molecular weight is 703 g/mol. The van der Waals surface area contributed by atoms with Crippen LogP contribution in [0.25, 0.3) is 0 Å². The normalized spacial score (nSPS) is 12.3. The molecule has 8 heteroatoms. The van der Waals surface area contributed by atoms with Gasteiger partial charge in [-0.05, 0) is 12.8 Å². The highest BCUT2D eigenvalue weighted by atomic mass is 32.2. The predicted molar refractivity (Wildman–Crippen MR) is 201 cm³/mol. The zero-order valence-corrected chi connectivity index (χ0v) is 32.4. The van der Waals surface area contributed by atoms with Crippen LogP contribution in [0.5, 0.6) is 0 Å². The summed E-state index contributed by atoms with van der Waals surface area (Å²) >= 11 is 0. The van der Waals surface area contributed by atoms with Crippen molar-refractivity contribution in [3.8, 4) is 0 Å². The minimum atomic E-state index is -4.77. The number of ether oxygens (including phenoxy) is 2. The van der Waals surface area contributed by atoms with Gasteiger partial charge >= 0.3 is 11.9 Å². The highest BCUT2D eigenvalue weighted by Gasteiger charge is 2.35. The monoisotopic (exact) mass is 703 g/mol. The van der Waals surface area contributed by atoms with Crippen molar-refractivity contribution in [3.05, 3.63) is 0 Å². The lowest BCUT2D eigenvalue weighted by Crippen LogP contribution is -2.34. The smallest absolute Gasteiger partial charge is 0.327 e. The summed E-state index contributed by atoms with van der Waals surface area (Å²) in [6.07, 6.45) is 39.0. The van der Waals surface area contributed by atoms with Crippen LogP contribution in [0.2, 0.25) is 0 Å². The van der Waals surface area contributed by atoms with Gasteiger partial charge < -0.3 is 9.47 Å². The minimum absolute atomic E-state index is 0.0809. The summed E-state index contributed by atoms with van der Waals surface area (Å²) in [6, 6.07) is 0. The molecule has 0 aliphatic rings. The molecule has 0 saturated carbocycles. The van der Waals surface area contributed by atoms with Gasteiger partial charge in [0.2, 0.25) is 0 Å². The van der Waals surface area contributed by atoms with Crippen LogP contribution >= 0.6 is 0 Å². The Kier molecular flexibility index (Phi) is 34.8. The molecule has 0 rings (SSSR count). The van der Waals surface area contributed by atoms with Gasteiger partial charge in [-0.2, -0.15) is 8.42 Å². The molecule has 0 aliphatic heterocycles. The largest absolute Gasteiger partial charge is 0.466 e. The average Bonchev–Trinajstić information content (AvgIpc) is 3.05. The standard InChI is InChI=1S/C40H78O7S/c1-3-5-7-9-11-13-15-17-19-21-23-25-27-29-31-33-35-46-39(41)37-38(48(43,44)45)40(42)47-36-34-32-30-28-26-24-22-20-18-16-14-12-10-8-6-4-2/h38H,3-37H2,1-2H3,(H,43,44,45). The van der Waals surface area contributed by atoms with E-state index in [2.05, 4.69) is 13.8 Å². The zero-order valence-electron chi connectivity index (χ0n) is 31.6. The molecular weight excluding hydrogens is 625 g/mol. The molecule has 0 heterocycles. The third-order valence-corrected chi connectivity index (χ3v) is 10.6. The van der Waals surface area contributed by atoms with Gasteiger partial charge in [0.1, 0.15) is 0 Å². The van der Waals surface area contributed by atoms with Crippen LogP contribution in [0.1, 0.15) is 226 Å². The number of hydrogen-bond donors (Lipinski definition) is 1. The van der Waals surface area contributed by atoms with Gasteiger partial charge in [0, 0.05) is 0 Å². The van der Waals surface area contributed by atoms with E-state index in [0.717, 1.165) is 32.1 Å². The molecule has 1 unspecified atom stereocenters. The molecule has 0 amide bonds. The Morgan fingerprint density at radius 3 is 0.958 bits per heavy atom. The summed E-state index contributed by atoms with van der Waals surface area (Å²) in [5.74, 6) is -1.89. The maximum atomic E-state index is 12.3. The van der Waals surface area contributed by atoms with E-state index in [9.17, 15) is 22.6 Å². The predicted octanol–water partition coefficient (Wildman–Crippen LogP) is 12.2. The molecule has 1 N–H and O–H groups in total. The molecule has 0 aliphatic carbocycles. The lowest BCUT2D eigenvalue weighted by atomic mass is 10.0. The summed E-state index contributed by atoms with van der Waals surface area (Å²) in [5.41, 5.74) is 0. The molecule has 0 bridgehead atoms. The second kappa shape index (κ2) is 35.7. The minimum Gasteiger partial charge on any atom is -0.466 e. The molecule has 286 valence electrons. The molecule has 0 spiro atoms. The molecule has 0 fully saturated rings. The molecule has 0 radical (unpaired) electrons. The topological polar surface area (TPSA) is 107 Å². The van der Waals surface area contributed by atoms with Crippen molar-refractivity contribution in [2.45, 2.75) is 231 Å². The third kappa shape index (κ3) is 33.4. The molecule has 0 aromatic rings. The van der Waals surface area contributed by atoms with Crippen LogP contribution < -0.4 is 0 Å². The summed E-state index contributed by atoms with van der Waals surface area (Å²) in [7, 11) is -4.77. The summed E-state index contributed by atoms with van der Waals surface area (Å²) in [5, 5.41) is -1.93. The van der Waals surface area contributed by atoms with Crippen molar-refractivity contribution >= 4 is 22.1 Å². The first-order valence-corrected chi connectivity index (χ1v) is 22.1. The molecular formula is C40H78O7S. The van der Waals surface area contributed by atoms with E-state index >= 15 is 0 Å². The third-order valence-electron chi connectivity index (χ3n) is 9.48. The van der Waals surface area contributed by atoms with Gasteiger partial charge in [0.05, 0.1) is 19.6 Å². The first-order valence-electron chi connectivity index (χ1n) is 20.6. The number of esters is 2. The number of unbranched alkanes of at least 4 members (excludes halogenated alkanes) is 30. The first kappa shape index (κ1) is 46.9. The first-order chi connectivity index (χ1) is 23.3. The summed E-state index contributed by atoms with van der Waals surface area (Å²) < 4.78 is 43.3. The van der Waals surface area contributed by atoms with Crippen molar-refractivity contribution in [2.24, 2.45) is 0 Å². The van der Waals surface area contributed by atoms with Crippen LogP contribution in [0.15, 0.2) is 0 Å². The van der Waals surface area contributed by atoms with Gasteiger partial charge in [-0.3, -0.25) is 14.1 Å². The van der Waals surface area contributed by atoms with Crippen LogP contribution in [0, 0.1) is 0 Å². The maximum Gasteiger partial charge on any atom is 0.327 e. The van der Waals surface area contributed by atoms with Crippen LogP contribution in [0.4, 0.5) is 0 Å². The van der Waals surface area contributed by atoms with Crippen molar-refractivity contribution in [3.63, 3.8) is 0 Å². The highest BCUT2D eigenvalue weighted by molar-refractivity contribution is 7.87. The SMILES string of the molecule is CCCCCCCCCCCCCCCCCCOC(=O)CC(C(=O)OCCCCCCCCCCCCCCCCCC)S(=O)(=O)O. The Hall–Kier alpha value is -1.15. The molecule has 1 atom stereocenters. The van der Waals surface area contributed by atoms with E-state index in [1.54, 1.807) is 0 Å².